The number of nitrogens with one attached hydrogen (secondary N) is 1. The fraction of sp³-hybridized carbons (Fsp3) is 0.105. The Morgan fingerprint density at radius 1 is 0.955 bits per heavy atom. The average molecular weight is 307 g/mol. The molecular formula is C19H17NOS. The summed E-state index contributed by atoms with van der Waals surface area (Å²) in [6.45, 7) is 2.01. The molecule has 2 aromatic carbocycles. The molecule has 0 fully saturated rings. The first-order valence-corrected chi connectivity index (χ1v) is 8.08. The zero-order chi connectivity index (χ0) is 15.4. The molecule has 3 aromatic rings. The van der Waals surface area contributed by atoms with Gasteiger partial charge in [-0.05, 0) is 36.1 Å². The second-order valence-corrected chi connectivity index (χ2v) is 6.18. The lowest BCUT2D eigenvalue weighted by atomic mass is 10.0. The Hall–Kier alpha value is -2.39. The van der Waals surface area contributed by atoms with Gasteiger partial charge in [-0.2, -0.15) is 0 Å². The third-order valence-corrected chi connectivity index (χ3v) is 4.49. The van der Waals surface area contributed by atoms with Crippen LogP contribution in [0.2, 0.25) is 0 Å². The third kappa shape index (κ3) is 3.26. The molecular weight excluding hydrogens is 290 g/mol. The lowest BCUT2D eigenvalue weighted by molar-refractivity contribution is 0.0943. The molecule has 1 amide bonds. The SMILES string of the molecule is Cc1ccc(C(=O)N[C@@H](c2ccccc2)c2cccs2)cc1. The Morgan fingerprint density at radius 2 is 1.68 bits per heavy atom. The van der Waals surface area contributed by atoms with Gasteiger partial charge >= 0.3 is 0 Å². The van der Waals surface area contributed by atoms with Crippen LogP contribution in [-0.2, 0) is 0 Å². The summed E-state index contributed by atoms with van der Waals surface area (Å²) in [5.74, 6) is -0.0535. The van der Waals surface area contributed by atoms with E-state index in [0.717, 1.165) is 16.0 Å². The minimum Gasteiger partial charge on any atom is -0.340 e. The van der Waals surface area contributed by atoms with E-state index in [-0.39, 0.29) is 11.9 Å². The quantitative estimate of drug-likeness (QED) is 0.751. The predicted molar refractivity (Wildman–Crippen MR) is 91.2 cm³/mol. The van der Waals surface area contributed by atoms with E-state index in [1.54, 1.807) is 11.3 Å². The molecule has 110 valence electrons. The van der Waals surface area contributed by atoms with Crippen LogP contribution in [0.1, 0.15) is 32.4 Å². The molecule has 0 saturated heterocycles. The second kappa shape index (κ2) is 6.58. The molecule has 1 heterocycles. The van der Waals surface area contributed by atoms with Crippen LogP contribution in [0.25, 0.3) is 0 Å². The maximum Gasteiger partial charge on any atom is 0.252 e. The summed E-state index contributed by atoms with van der Waals surface area (Å²) >= 11 is 1.65. The van der Waals surface area contributed by atoms with Gasteiger partial charge in [0.1, 0.15) is 0 Å². The molecule has 1 N–H and O–H groups in total. The first kappa shape index (κ1) is 14.5. The van der Waals surface area contributed by atoms with E-state index in [1.807, 2.05) is 73.0 Å². The fourth-order valence-corrected chi connectivity index (χ4v) is 3.14. The summed E-state index contributed by atoms with van der Waals surface area (Å²) in [5.41, 5.74) is 2.92. The van der Waals surface area contributed by atoms with Crippen LogP contribution in [0.5, 0.6) is 0 Å². The smallest absolute Gasteiger partial charge is 0.252 e. The largest absolute Gasteiger partial charge is 0.340 e. The van der Waals surface area contributed by atoms with Crippen LogP contribution < -0.4 is 5.32 Å². The van der Waals surface area contributed by atoms with Gasteiger partial charge in [-0.25, -0.2) is 0 Å². The van der Waals surface area contributed by atoms with Crippen molar-refractivity contribution < 1.29 is 4.79 Å². The van der Waals surface area contributed by atoms with Gasteiger partial charge in [0.25, 0.3) is 5.91 Å². The van der Waals surface area contributed by atoms with Crippen LogP contribution >= 0.6 is 11.3 Å². The zero-order valence-electron chi connectivity index (χ0n) is 12.3. The van der Waals surface area contributed by atoms with Gasteiger partial charge < -0.3 is 5.32 Å². The van der Waals surface area contributed by atoms with Gasteiger partial charge in [0.05, 0.1) is 6.04 Å². The Balaban J connectivity index is 1.87. The van der Waals surface area contributed by atoms with Crippen LogP contribution in [0.4, 0.5) is 0 Å². The van der Waals surface area contributed by atoms with E-state index in [1.165, 1.54) is 0 Å². The van der Waals surface area contributed by atoms with Crippen LogP contribution in [0.15, 0.2) is 72.1 Å². The molecule has 0 unspecified atom stereocenters. The Bertz CT molecular complexity index is 733. The molecule has 22 heavy (non-hydrogen) atoms. The maximum absolute atomic E-state index is 12.5. The van der Waals surface area contributed by atoms with Crippen LogP contribution in [0, 0.1) is 6.92 Å². The van der Waals surface area contributed by atoms with Crippen molar-refractivity contribution in [1.29, 1.82) is 0 Å². The maximum atomic E-state index is 12.5. The number of amides is 1. The number of thiophene rings is 1. The molecule has 0 aliphatic carbocycles. The minimum atomic E-state index is -0.116. The Kier molecular flexibility index (Phi) is 4.35. The van der Waals surface area contributed by atoms with Crippen LogP contribution in [-0.4, -0.2) is 5.91 Å². The second-order valence-electron chi connectivity index (χ2n) is 5.20. The van der Waals surface area contributed by atoms with Gasteiger partial charge in [-0.15, -0.1) is 11.3 Å². The monoisotopic (exact) mass is 307 g/mol. The molecule has 0 aliphatic heterocycles. The number of rotatable bonds is 4. The summed E-state index contributed by atoms with van der Waals surface area (Å²) in [5, 5.41) is 5.17. The van der Waals surface area contributed by atoms with Crippen molar-refractivity contribution >= 4 is 17.2 Å². The number of hydrogen-bond donors (Lipinski definition) is 1. The van der Waals surface area contributed by atoms with Crippen molar-refractivity contribution in [2.45, 2.75) is 13.0 Å². The highest BCUT2D eigenvalue weighted by molar-refractivity contribution is 7.10. The van der Waals surface area contributed by atoms with Crippen LogP contribution in [0.3, 0.4) is 0 Å². The molecule has 0 bridgehead atoms. The Morgan fingerprint density at radius 3 is 2.32 bits per heavy atom. The van der Waals surface area contributed by atoms with E-state index in [2.05, 4.69) is 11.4 Å². The summed E-state index contributed by atoms with van der Waals surface area (Å²) in [6.07, 6.45) is 0. The highest BCUT2D eigenvalue weighted by atomic mass is 32.1. The fourth-order valence-electron chi connectivity index (χ4n) is 2.34. The minimum absolute atomic E-state index is 0.0535. The molecule has 0 aliphatic rings. The molecule has 1 atom stereocenters. The number of carbonyl (C=O) groups is 1. The summed E-state index contributed by atoms with van der Waals surface area (Å²) in [7, 11) is 0. The number of benzene rings is 2. The first-order chi connectivity index (χ1) is 10.7. The zero-order valence-corrected chi connectivity index (χ0v) is 13.1. The summed E-state index contributed by atoms with van der Waals surface area (Å²) in [4.78, 5) is 13.7. The van der Waals surface area contributed by atoms with Crippen molar-refractivity contribution in [3.05, 3.63) is 93.7 Å². The third-order valence-electron chi connectivity index (χ3n) is 3.55. The number of aryl methyl sites for hydroxylation is 1. The van der Waals surface area contributed by atoms with E-state index >= 15 is 0 Å². The molecule has 0 spiro atoms. The standard InChI is InChI=1S/C19H17NOS/c1-14-9-11-16(12-10-14)19(21)20-18(17-8-5-13-22-17)15-6-3-2-4-7-15/h2-13,18H,1H3,(H,20,21)/t18-/m0/s1. The highest BCUT2D eigenvalue weighted by Gasteiger charge is 2.18. The first-order valence-electron chi connectivity index (χ1n) is 7.20. The van der Waals surface area contributed by atoms with Crippen molar-refractivity contribution in [3.8, 4) is 0 Å². The van der Waals surface area contributed by atoms with Crippen molar-refractivity contribution in [3.63, 3.8) is 0 Å². The summed E-state index contributed by atoms with van der Waals surface area (Å²) < 4.78 is 0. The van der Waals surface area contributed by atoms with Crippen molar-refractivity contribution in [1.82, 2.24) is 5.32 Å². The van der Waals surface area contributed by atoms with Gasteiger partial charge in [-0.1, -0.05) is 54.1 Å². The van der Waals surface area contributed by atoms with Crippen molar-refractivity contribution in [2.24, 2.45) is 0 Å². The molecule has 3 rings (SSSR count). The number of carbonyl (C=O) groups excluding carboxylic acids is 1. The highest BCUT2D eigenvalue weighted by Crippen LogP contribution is 2.26. The number of hydrogen-bond acceptors (Lipinski definition) is 2. The lowest BCUT2D eigenvalue weighted by Gasteiger charge is -2.18. The molecule has 1 aromatic heterocycles. The normalized spacial score (nSPS) is 11.9. The van der Waals surface area contributed by atoms with Gasteiger partial charge in [0.2, 0.25) is 0 Å². The van der Waals surface area contributed by atoms with Gasteiger partial charge in [0.15, 0.2) is 0 Å². The Labute approximate surface area is 134 Å². The molecule has 0 radical (unpaired) electrons. The van der Waals surface area contributed by atoms with E-state index in [9.17, 15) is 4.79 Å². The van der Waals surface area contributed by atoms with Gasteiger partial charge in [0, 0.05) is 10.4 Å². The van der Waals surface area contributed by atoms with E-state index in [4.69, 9.17) is 0 Å². The van der Waals surface area contributed by atoms with Gasteiger partial charge in [-0.3, -0.25) is 4.79 Å². The lowest BCUT2D eigenvalue weighted by Crippen LogP contribution is -2.28. The predicted octanol–water partition coefficient (Wildman–Crippen LogP) is 4.58. The summed E-state index contributed by atoms with van der Waals surface area (Å²) in [6, 6.07) is 21.6. The molecule has 0 saturated carbocycles. The molecule has 3 heteroatoms. The topological polar surface area (TPSA) is 29.1 Å². The van der Waals surface area contributed by atoms with E-state index < -0.39 is 0 Å². The average Bonchev–Trinajstić information content (AvgIpc) is 3.08. The molecule has 2 nitrogen and oxygen atoms in total. The van der Waals surface area contributed by atoms with Crippen molar-refractivity contribution in [2.75, 3.05) is 0 Å². The van der Waals surface area contributed by atoms with E-state index in [0.29, 0.717) is 5.56 Å².